The van der Waals surface area contributed by atoms with E-state index < -0.39 is 5.54 Å². The van der Waals surface area contributed by atoms with Crippen LogP contribution in [0.2, 0.25) is 0 Å². The molecule has 0 fully saturated rings. The second kappa shape index (κ2) is 3.82. The van der Waals surface area contributed by atoms with Crippen LogP contribution in [-0.4, -0.2) is 4.98 Å². The molecule has 0 aliphatic heterocycles. The Balaban J connectivity index is 2.39. The van der Waals surface area contributed by atoms with Crippen molar-refractivity contribution in [2.45, 2.75) is 19.4 Å². The van der Waals surface area contributed by atoms with Crippen molar-refractivity contribution in [2.24, 2.45) is 0 Å². The quantitative estimate of drug-likeness (QED) is 0.713. The van der Waals surface area contributed by atoms with Crippen molar-refractivity contribution in [3.63, 3.8) is 0 Å². The molecule has 80 valence electrons. The second-order valence-corrected chi connectivity index (χ2v) is 4.07. The van der Waals surface area contributed by atoms with Gasteiger partial charge in [0.1, 0.15) is 6.26 Å². The van der Waals surface area contributed by atoms with E-state index in [0.717, 1.165) is 5.56 Å². The zero-order chi connectivity index (χ0) is 11.6. The van der Waals surface area contributed by atoms with Gasteiger partial charge in [0.05, 0.1) is 0 Å². The molecular formula is C13H12N2O. The summed E-state index contributed by atoms with van der Waals surface area (Å²) >= 11 is 0. The molecule has 1 heterocycles. The number of oxazole rings is 1. The maximum Gasteiger partial charge on any atom is 0.271 e. The first-order chi connectivity index (χ1) is 7.63. The zero-order valence-electron chi connectivity index (χ0n) is 9.27. The van der Waals surface area contributed by atoms with Crippen molar-refractivity contribution in [1.82, 2.24) is 4.98 Å². The zero-order valence-corrected chi connectivity index (χ0v) is 9.27. The van der Waals surface area contributed by atoms with Gasteiger partial charge in [-0.2, -0.15) is 0 Å². The van der Waals surface area contributed by atoms with Crippen LogP contribution in [0.15, 0.2) is 41.0 Å². The van der Waals surface area contributed by atoms with E-state index in [1.807, 2.05) is 44.2 Å². The lowest BCUT2D eigenvalue weighted by Gasteiger charge is -2.04. The monoisotopic (exact) mass is 212 g/mol. The highest BCUT2D eigenvalue weighted by atomic mass is 16.3. The highest BCUT2D eigenvalue weighted by Crippen LogP contribution is 2.27. The molecule has 0 radical (unpaired) electrons. The SMILES string of the molecule is [C-]#[N+]C(C)(C)c1coc(-c2ccccc2)n1. The Morgan fingerprint density at radius 3 is 2.56 bits per heavy atom. The van der Waals surface area contributed by atoms with Crippen LogP contribution in [0.4, 0.5) is 0 Å². The predicted octanol–water partition coefficient (Wildman–Crippen LogP) is 3.50. The van der Waals surface area contributed by atoms with E-state index in [1.54, 1.807) is 6.26 Å². The van der Waals surface area contributed by atoms with Gasteiger partial charge in [0.25, 0.3) is 5.54 Å². The van der Waals surface area contributed by atoms with Gasteiger partial charge >= 0.3 is 0 Å². The number of hydrogen-bond donors (Lipinski definition) is 0. The smallest absolute Gasteiger partial charge is 0.271 e. The summed E-state index contributed by atoms with van der Waals surface area (Å²) in [7, 11) is 0. The molecule has 0 saturated carbocycles. The minimum Gasteiger partial charge on any atom is -0.444 e. The van der Waals surface area contributed by atoms with Gasteiger partial charge in [-0.25, -0.2) is 11.6 Å². The summed E-state index contributed by atoms with van der Waals surface area (Å²) in [6.07, 6.45) is 1.56. The summed E-state index contributed by atoms with van der Waals surface area (Å²) < 4.78 is 5.38. The lowest BCUT2D eigenvalue weighted by atomic mass is 10.0. The minimum atomic E-state index is -0.628. The third-order valence-electron chi connectivity index (χ3n) is 2.43. The maximum atomic E-state index is 7.10. The van der Waals surface area contributed by atoms with E-state index in [0.29, 0.717) is 11.6 Å². The van der Waals surface area contributed by atoms with Crippen molar-refractivity contribution in [3.05, 3.63) is 53.7 Å². The Labute approximate surface area is 94.6 Å². The Morgan fingerprint density at radius 1 is 1.25 bits per heavy atom. The van der Waals surface area contributed by atoms with Crippen LogP contribution in [0.3, 0.4) is 0 Å². The highest BCUT2D eigenvalue weighted by Gasteiger charge is 2.30. The molecule has 2 aromatic rings. The standard InChI is InChI=1S/C13H12N2O/c1-13(2,14-3)11-9-16-12(15-11)10-7-5-4-6-8-10/h4-9H,1-2H3. The van der Waals surface area contributed by atoms with E-state index in [1.165, 1.54) is 0 Å². The molecule has 0 aliphatic rings. The number of rotatable bonds is 2. The Kier molecular flexibility index (Phi) is 2.49. The summed E-state index contributed by atoms with van der Waals surface area (Å²) in [6, 6.07) is 9.66. The fraction of sp³-hybridized carbons (Fsp3) is 0.231. The summed E-state index contributed by atoms with van der Waals surface area (Å²) in [5, 5.41) is 0. The molecule has 0 saturated heterocycles. The first kappa shape index (κ1) is 10.4. The van der Waals surface area contributed by atoms with Gasteiger partial charge in [-0.1, -0.05) is 18.2 Å². The van der Waals surface area contributed by atoms with Crippen LogP contribution in [0.25, 0.3) is 16.3 Å². The van der Waals surface area contributed by atoms with Gasteiger partial charge in [-0.15, -0.1) is 0 Å². The fourth-order valence-electron chi connectivity index (χ4n) is 1.33. The summed E-state index contributed by atoms with van der Waals surface area (Å²) in [5.74, 6) is 0.562. The molecule has 0 bridgehead atoms. The van der Waals surface area contributed by atoms with Crippen LogP contribution < -0.4 is 0 Å². The molecule has 16 heavy (non-hydrogen) atoms. The topological polar surface area (TPSA) is 30.4 Å². The fourth-order valence-corrected chi connectivity index (χ4v) is 1.33. The largest absolute Gasteiger partial charge is 0.444 e. The van der Waals surface area contributed by atoms with E-state index in [9.17, 15) is 0 Å². The Bertz CT molecular complexity index is 520. The molecule has 1 aromatic heterocycles. The van der Waals surface area contributed by atoms with Gasteiger partial charge in [0.15, 0.2) is 5.69 Å². The van der Waals surface area contributed by atoms with Crippen LogP contribution in [-0.2, 0) is 5.54 Å². The van der Waals surface area contributed by atoms with Gasteiger partial charge in [0, 0.05) is 19.4 Å². The number of benzene rings is 1. The van der Waals surface area contributed by atoms with Crippen LogP contribution in [0.5, 0.6) is 0 Å². The van der Waals surface area contributed by atoms with E-state index in [4.69, 9.17) is 11.0 Å². The van der Waals surface area contributed by atoms with Gasteiger partial charge in [-0.05, 0) is 12.1 Å². The van der Waals surface area contributed by atoms with Gasteiger partial charge in [0.2, 0.25) is 5.89 Å². The van der Waals surface area contributed by atoms with E-state index >= 15 is 0 Å². The van der Waals surface area contributed by atoms with Crippen LogP contribution in [0.1, 0.15) is 19.5 Å². The average molecular weight is 212 g/mol. The lowest BCUT2D eigenvalue weighted by molar-refractivity contribution is 0.563. The third-order valence-corrected chi connectivity index (χ3v) is 2.43. The van der Waals surface area contributed by atoms with Crippen molar-refractivity contribution in [1.29, 1.82) is 0 Å². The molecule has 1 aromatic carbocycles. The summed E-state index contributed by atoms with van der Waals surface area (Å²) in [4.78, 5) is 7.87. The molecule has 3 nitrogen and oxygen atoms in total. The van der Waals surface area contributed by atoms with Crippen molar-refractivity contribution < 1.29 is 4.42 Å². The van der Waals surface area contributed by atoms with Gasteiger partial charge in [-0.3, -0.25) is 0 Å². The highest BCUT2D eigenvalue weighted by molar-refractivity contribution is 5.52. The number of nitrogens with zero attached hydrogens (tertiary/aromatic N) is 2. The molecule has 3 heteroatoms. The van der Waals surface area contributed by atoms with Crippen molar-refractivity contribution in [3.8, 4) is 11.5 Å². The van der Waals surface area contributed by atoms with E-state index in [2.05, 4.69) is 9.83 Å². The number of hydrogen-bond acceptors (Lipinski definition) is 2. The minimum absolute atomic E-state index is 0.562. The van der Waals surface area contributed by atoms with Crippen molar-refractivity contribution in [2.75, 3.05) is 0 Å². The van der Waals surface area contributed by atoms with Crippen molar-refractivity contribution >= 4 is 0 Å². The first-order valence-electron chi connectivity index (χ1n) is 5.03. The molecule has 0 atom stereocenters. The molecule has 0 aliphatic carbocycles. The lowest BCUT2D eigenvalue weighted by Crippen LogP contribution is -2.11. The molecular weight excluding hydrogens is 200 g/mol. The summed E-state index contributed by atoms with van der Waals surface area (Å²) in [5.41, 5.74) is 0.965. The second-order valence-electron chi connectivity index (χ2n) is 4.07. The first-order valence-corrected chi connectivity index (χ1v) is 5.03. The average Bonchev–Trinajstić information content (AvgIpc) is 2.80. The molecule has 0 amide bonds. The molecule has 0 unspecified atom stereocenters. The van der Waals surface area contributed by atoms with Crippen LogP contribution >= 0.6 is 0 Å². The predicted molar refractivity (Wildman–Crippen MR) is 61.6 cm³/mol. The van der Waals surface area contributed by atoms with Gasteiger partial charge < -0.3 is 9.26 Å². The summed E-state index contributed by atoms with van der Waals surface area (Å²) in [6.45, 7) is 10.8. The molecule has 0 N–H and O–H groups in total. The van der Waals surface area contributed by atoms with Crippen LogP contribution in [0, 0.1) is 6.57 Å². The van der Waals surface area contributed by atoms with E-state index in [-0.39, 0.29) is 0 Å². The molecule has 2 rings (SSSR count). The molecule has 0 spiro atoms. The Hall–Kier alpha value is -2.08. The normalized spacial score (nSPS) is 11.1. The maximum absolute atomic E-state index is 7.10. The third kappa shape index (κ3) is 1.82. The number of aromatic nitrogens is 1. The Morgan fingerprint density at radius 2 is 1.94 bits per heavy atom.